The molecule has 2 aliphatic rings. The van der Waals surface area contributed by atoms with Crippen molar-refractivity contribution < 1.29 is 18.3 Å². The average Bonchev–Trinajstić information content (AvgIpc) is 2.48. The molecule has 0 aromatic carbocycles. The van der Waals surface area contributed by atoms with Gasteiger partial charge >= 0.3 is 0 Å². The Morgan fingerprint density at radius 2 is 1.86 bits per heavy atom. The number of unbranched alkanes of at least 4 members (excludes halogenated alkanes) is 2. The van der Waals surface area contributed by atoms with Gasteiger partial charge in [0.2, 0.25) is 6.43 Å². The Kier molecular flexibility index (Phi) is 7.56. The van der Waals surface area contributed by atoms with Crippen LogP contribution in [0, 0.1) is 17.8 Å². The molecule has 6 heteroatoms. The standard InChI is InChI=1S/C16H26Br2F2O2/c1-2-3-4-5-11-9-21-15(22-10-11)12-6-7-16(17,18)13(8-12)14(19)20/h11-15H,2-10H2,1H3. The lowest BCUT2D eigenvalue weighted by molar-refractivity contribution is -0.232. The smallest absolute Gasteiger partial charge is 0.243 e. The molecule has 130 valence electrons. The minimum absolute atomic E-state index is 0.0683. The van der Waals surface area contributed by atoms with Crippen molar-refractivity contribution in [2.24, 2.45) is 17.8 Å². The zero-order chi connectivity index (χ0) is 16.2. The van der Waals surface area contributed by atoms with Gasteiger partial charge in [0.15, 0.2) is 6.29 Å². The Labute approximate surface area is 148 Å². The molecule has 0 amide bonds. The van der Waals surface area contributed by atoms with Gasteiger partial charge < -0.3 is 9.47 Å². The zero-order valence-electron chi connectivity index (χ0n) is 13.1. The Hall–Kier alpha value is 0.740. The molecule has 2 rings (SSSR count). The van der Waals surface area contributed by atoms with E-state index in [4.69, 9.17) is 9.47 Å². The van der Waals surface area contributed by atoms with Crippen LogP contribution in [0.2, 0.25) is 0 Å². The van der Waals surface area contributed by atoms with Gasteiger partial charge in [0, 0.05) is 17.8 Å². The van der Waals surface area contributed by atoms with Crippen LogP contribution in [0.4, 0.5) is 8.78 Å². The largest absolute Gasteiger partial charge is 0.352 e. The Morgan fingerprint density at radius 3 is 2.45 bits per heavy atom. The molecule has 22 heavy (non-hydrogen) atoms. The molecule has 0 bridgehead atoms. The maximum Gasteiger partial charge on any atom is 0.243 e. The van der Waals surface area contributed by atoms with Gasteiger partial charge in [0.05, 0.1) is 16.4 Å². The summed E-state index contributed by atoms with van der Waals surface area (Å²) in [5.41, 5.74) is 0. The fourth-order valence-electron chi connectivity index (χ4n) is 3.39. The monoisotopic (exact) mass is 446 g/mol. The van der Waals surface area contributed by atoms with E-state index in [-0.39, 0.29) is 12.2 Å². The number of halogens is 4. The first-order chi connectivity index (χ1) is 10.4. The quantitative estimate of drug-likeness (QED) is 0.382. The third kappa shape index (κ3) is 5.12. The first kappa shape index (κ1) is 19.1. The molecule has 2 nitrogen and oxygen atoms in total. The highest BCUT2D eigenvalue weighted by atomic mass is 79.9. The highest BCUT2D eigenvalue weighted by molar-refractivity contribution is 9.25. The van der Waals surface area contributed by atoms with Crippen LogP contribution in [-0.2, 0) is 9.47 Å². The fourth-order valence-corrected chi connectivity index (χ4v) is 4.63. The molecule has 1 aliphatic carbocycles. The average molecular weight is 448 g/mol. The second-order valence-corrected chi connectivity index (χ2v) is 10.5. The third-order valence-electron chi connectivity index (χ3n) is 4.84. The van der Waals surface area contributed by atoms with Crippen molar-refractivity contribution in [2.45, 2.75) is 67.8 Å². The van der Waals surface area contributed by atoms with Crippen LogP contribution in [-0.4, -0.2) is 29.2 Å². The normalized spacial score (nSPS) is 35.7. The summed E-state index contributed by atoms with van der Waals surface area (Å²) < 4.78 is 37.6. The van der Waals surface area contributed by atoms with Crippen LogP contribution in [0.15, 0.2) is 0 Å². The predicted octanol–water partition coefficient (Wildman–Crippen LogP) is 5.72. The van der Waals surface area contributed by atoms with Gasteiger partial charge in [-0.25, -0.2) is 8.78 Å². The molecule has 0 aromatic rings. The lowest BCUT2D eigenvalue weighted by Gasteiger charge is -2.42. The molecule has 1 aliphatic heterocycles. The predicted molar refractivity (Wildman–Crippen MR) is 90.7 cm³/mol. The van der Waals surface area contributed by atoms with Crippen LogP contribution < -0.4 is 0 Å². The number of hydrogen-bond acceptors (Lipinski definition) is 2. The molecule has 2 fully saturated rings. The van der Waals surface area contributed by atoms with Crippen LogP contribution in [0.1, 0.15) is 51.9 Å². The highest BCUT2D eigenvalue weighted by Gasteiger charge is 2.47. The Bertz CT molecular complexity index is 334. The third-order valence-corrected chi connectivity index (χ3v) is 6.81. The number of alkyl halides is 4. The van der Waals surface area contributed by atoms with E-state index in [1.807, 2.05) is 0 Å². The van der Waals surface area contributed by atoms with Gasteiger partial charge in [-0.05, 0) is 25.7 Å². The summed E-state index contributed by atoms with van der Waals surface area (Å²) in [6.45, 7) is 3.61. The van der Waals surface area contributed by atoms with Crippen molar-refractivity contribution >= 4 is 31.9 Å². The van der Waals surface area contributed by atoms with E-state index in [1.54, 1.807) is 0 Å². The first-order valence-corrected chi connectivity index (χ1v) is 9.91. The maximum absolute atomic E-state index is 13.2. The molecule has 2 atom stereocenters. The van der Waals surface area contributed by atoms with Crippen LogP contribution >= 0.6 is 31.9 Å². The molecule has 0 radical (unpaired) electrons. The van der Waals surface area contributed by atoms with Gasteiger partial charge in [-0.2, -0.15) is 0 Å². The Morgan fingerprint density at radius 1 is 1.18 bits per heavy atom. The highest BCUT2D eigenvalue weighted by Crippen LogP contribution is 2.51. The molecule has 1 saturated carbocycles. The lowest BCUT2D eigenvalue weighted by Crippen LogP contribution is -2.44. The lowest BCUT2D eigenvalue weighted by atomic mass is 9.80. The minimum atomic E-state index is -2.34. The summed E-state index contributed by atoms with van der Waals surface area (Å²) in [5.74, 6) is -0.178. The fraction of sp³-hybridized carbons (Fsp3) is 1.00. The van der Waals surface area contributed by atoms with E-state index >= 15 is 0 Å². The zero-order valence-corrected chi connectivity index (χ0v) is 16.3. The van der Waals surface area contributed by atoms with Gasteiger partial charge in [-0.3, -0.25) is 0 Å². The molecule has 1 saturated heterocycles. The molecular weight excluding hydrogens is 422 g/mol. The topological polar surface area (TPSA) is 18.5 Å². The number of hydrogen-bond donors (Lipinski definition) is 0. The summed E-state index contributed by atoms with van der Waals surface area (Å²) >= 11 is 6.82. The molecule has 1 heterocycles. The second kappa shape index (κ2) is 8.72. The summed E-state index contributed by atoms with van der Waals surface area (Å²) in [6, 6.07) is 0. The Balaban J connectivity index is 1.79. The van der Waals surface area contributed by atoms with Crippen LogP contribution in [0.5, 0.6) is 0 Å². The van der Waals surface area contributed by atoms with E-state index in [2.05, 4.69) is 38.8 Å². The summed E-state index contributed by atoms with van der Waals surface area (Å²) in [6.07, 6.45) is 4.10. The molecule has 0 N–H and O–H groups in total. The van der Waals surface area contributed by atoms with Crippen molar-refractivity contribution in [2.75, 3.05) is 13.2 Å². The van der Waals surface area contributed by atoms with Gasteiger partial charge in [0.25, 0.3) is 0 Å². The van der Waals surface area contributed by atoms with E-state index in [0.717, 1.165) is 12.8 Å². The van der Waals surface area contributed by atoms with Crippen LogP contribution in [0.25, 0.3) is 0 Å². The molecular formula is C16H26Br2F2O2. The van der Waals surface area contributed by atoms with Crippen molar-refractivity contribution in [3.63, 3.8) is 0 Å². The summed E-state index contributed by atoms with van der Waals surface area (Å²) in [5, 5.41) is 0. The van der Waals surface area contributed by atoms with E-state index in [1.165, 1.54) is 19.3 Å². The molecule has 0 spiro atoms. The number of ether oxygens (including phenoxy) is 2. The van der Waals surface area contributed by atoms with Crippen molar-refractivity contribution in [1.82, 2.24) is 0 Å². The number of rotatable bonds is 6. The molecule has 0 aromatic heterocycles. The second-order valence-electron chi connectivity index (χ2n) is 6.63. The van der Waals surface area contributed by atoms with Crippen molar-refractivity contribution in [1.29, 1.82) is 0 Å². The van der Waals surface area contributed by atoms with Crippen molar-refractivity contribution in [3.8, 4) is 0 Å². The van der Waals surface area contributed by atoms with Gasteiger partial charge in [-0.15, -0.1) is 0 Å². The minimum Gasteiger partial charge on any atom is -0.352 e. The van der Waals surface area contributed by atoms with Crippen LogP contribution in [0.3, 0.4) is 0 Å². The van der Waals surface area contributed by atoms with E-state index in [0.29, 0.717) is 32.0 Å². The maximum atomic E-state index is 13.2. The van der Waals surface area contributed by atoms with E-state index in [9.17, 15) is 8.78 Å². The van der Waals surface area contributed by atoms with Crippen molar-refractivity contribution in [3.05, 3.63) is 0 Å². The molecule has 2 unspecified atom stereocenters. The summed E-state index contributed by atoms with van der Waals surface area (Å²) in [7, 11) is 0. The van der Waals surface area contributed by atoms with Gasteiger partial charge in [0.1, 0.15) is 0 Å². The van der Waals surface area contributed by atoms with E-state index < -0.39 is 15.6 Å². The van der Waals surface area contributed by atoms with Gasteiger partial charge in [-0.1, -0.05) is 58.0 Å². The summed E-state index contributed by atoms with van der Waals surface area (Å²) in [4.78, 5) is 0. The first-order valence-electron chi connectivity index (χ1n) is 8.33. The SMILES string of the molecule is CCCCCC1COC(C2CCC(Br)(Br)C(C(F)F)C2)OC1.